The normalized spacial score (nSPS) is 20.7. The molecule has 0 amide bonds. The molecule has 24 heavy (non-hydrogen) atoms. The lowest BCUT2D eigenvalue weighted by Crippen LogP contribution is -2.52. The molecule has 1 aliphatic rings. The number of morpholine rings is 1. The average Bonchev–Trinajstić information content (AvgIpc) is 3.04. The monoisotopic (exact) mass is 354 g/mol. The number of nitrogens with zero attached hydrogens (tertiary/aromatic N) is 4. The van der Waals surface area contributed by atoms with E-state index in [4.69, 9.17) is 4.74 Å². The molecule has 0 aromatic carbocycles. The highest BCUT2D eigenvalue weighted by atomic mass is 32.1. The van der Waals surface area contributed by atoms with Crippen molar-refractivity contribution in [2.75, 3.05) is 52.3 Å². The van der Waals surface area contributed by atoms with E-state index in [1.807, 2.05) is 19.0 Å². The molecule has 2 heterocycles. The van der Waals surface area contributed by atoms with Crippen molar-refractivity contribution in [2.45, 2.75) is 32.5 Å². The minimum absolute atomic E-state index is 0.432. The summed E-state index contributed by atoms with van der Waals surface area (Å²) in [6.07, 6.45) is 0. The van der Waals surface area contributed by atoms with Crippen molar-refractivity contribution < 1.29 is 4.74 Å². The van der Waals surface area contributed by atoms with Crippen LogP contribution in [-0.2, 0) is 11.3 Å². The first-order chi connectivity index (χ1) is 11.5. The lowest BCUT2D eigenvalue weighted by atomic mass is 10.2. The Morgan fingerprint density at radius 3 is 2.96 bits per heavy atom. The highest BCUT2D eigenvalue weighted by molar-refractivity contribution is 7.13. The van der Waals surface area contributed by atoms with Gasteiger partial charge in [-0.15, -0.1) is 11.3 Å². The number of ether oxygens (including phenoxy) is 1. The first-order valence-electron chi connectivity index (χ1n) is 8.41. The van der Waals surface area contributed by atoms with Gasteiger partial charge in [0.15, 0.2) is 11.1 Å². The number of thiazole rings is 1. The van der Waals surface area contributed by atoms with Gasteiger partial charge < -0.3 is 20.3 Å². The molecule has 1 saturated heterocycles. The predicted molar refractivity (Wildman–Crippen MR) is 101 cm³/mol. The summed E-state index contributed by atoms with van der Waals surface area (Å²) < 4.78 is 5.51. The number of anilines is 1. The molecule has 1 aromatic heterocycles. The number of hydrogen-bond acceptors (Lipinski definition) is 6. The van der Waals surface area contributed by atoms with Crippen molar-refractivity contribution in [1.29, 1.82) is 0 Å². The number of rotatable bonds is 6. The molecule has 1 fully saturated rings. The number of hydrogen-bond donors (Lipinski definition) is 2. The Morgan fingerprint density at radius 2 is 2.33 bits per heavy atom. The van der Waals surface area contributed by atoms with E-state index in [0.717, 1.165) is 43.1 Å². The maximum absolute atomic E-state index is 5.51. The zero-order valence-electron chi connectivity index (χ0n) is 15.4. The molecule has 0 radical (unpaired) electrons. The van der Waals surface area contributed by atoms with Crippen LogP contribution in [0.4, 0.5) is 5.13 Å². The Bertz CT molecular complexity index is 532. The number of aliphatic imine (C=N–C) groups is 1. The molecule has 7 nitrogen and oxygen atoms in total. The summed E-state index contributed by atoms with van der Waals surface area (Å²) in [7, 11) is 5.80. The minimum Gasteiger partial charge on any atom is -0.379 e. The van der Waals surface area contributed by atoms with Crippen LogP contribution in [0.25, 0.3) is 0 Å². The Kier molecular flexibility index (Phi) is 7.26. The van der Waals surface area contributed by atoms with Gasteiger partial charge in [-0.3, -0.25) is 9.89 Å². The van der Waals surface area contributed by atoms with Crippen molar-refractivity contribution >= 4 is 22.4 Å². The molecule has 2 atom stereocenters. The maximum atomic E-state index is 5.51. The van der Waals surface area contributed by atoms with E-state index in [1.54, 1.807) is 18.4 Å². The van der Waals surface area contributed by atoms with Crippen LogP contribution < -0.4 is 15.5 Å². The van der Waals surface area contributed by atoms with Gasteiger partial charge in [0.25, 0.3) is 0 Å². The third-order valence-electron chi connectivity index (χ3n) is 4.13. The molecular weight excluding hydrogens is 324 g/mol. The van der Waals surface area contributed by atoms with E-state index < -0.39 is 0 Å². The Balaban J connectivity index is 1.77. The van der Waals surface area contributed by atoms with Gasteiger partial charge in [-0.05, 0) is 13.8 Å². The van der Waals surface area contributed by atoms with E-state index in [-0.39, 0.29) is 0 Å². The van der Waals surface area contributed by atoms with Crippen LogP contribution in [0, 0.1) is 0 Å². The first kappa shape index (κ1) is 19.0. The van der Waals surface area contributed by atoms with Crippen LogP contribution >= 0.6 is 11.3 Å². The quantitative estimate of drug-likeness (QED) is 0.587. The van der Waals surface area contributed by atoms with Crippen LogP contribution in [-0.4, -0.2) is 75.4 Å². The lowest BCUT2D eigenvalue weighted by molar-refractivity contribution is -0.0174. The van der Waals surface area contributed by atoms with E-state index in [2.05, 4.69) is 44.7 Å². The number of aromatic nitrogens is 1. The fourth-order valence-electron chi connectivity index (χ4n) is 2.73. The second-order valence-electron chi connectivity index (χ2n) is 6.33. The minimum atomic E-state index is 0.432. The topological polar surface area (TPSA) is 65.0 Å². The Labute approximate surface area is 149 Å². The number of nitrogens with one attached hydrogen (secondary N) is 2. The fourth-order valence-corrected chi connectivity index (χ4v) is 3.49. The number of guanidine groups is 1. The molecular formula is C16H30N6OS. The van der Waals surface area contributed by atoms with Crippen LogP contribution in [0.5, 0.6) is 0 Å². The lowest BCUT2D eigenvalue weighted by Gasteiger charge is -2.38. The van der Waals surface area contributed by atoms with Crippen molar-refractivity contribution in [1.82, 2.24) is 20.5 Å². The van der Waals surface area contributed by atoms with E-state index in [1.165, 1.54) is 0 Å². The van der Waals surface area contributed by atoms with Gasteiger partial charge in [0.05, 0.1) is 25.5 Å². The molecule has 136 valence electrons. The van der Waals surface area contributed by atoms with E-state index in [9.17, 15) is 0 Å². The zero-order chi connectivity index (χ0) is 17.5. The Morgan fingerprint density at radius 1 is 1.54 bits per heavy atom. The smallest absolute Gasteiger partial charge is 0.191 e. The first-order valence-corrected chi connectivity index (χ1v) is 9.29. The van der Waals surface area contributed by atoms with Gasteiger partial charge in [-0.25, -0.2) is 4.98 Å². The molecule has 2 N–H and O–H groups in total. The summed E-state index contributed by atoms with van der Waals surface area (Å²) in [6.45, 7) is 8.60. The second kappa shape index (κ2) is 9.19. The molecule has 0 aliphatic carbocycles. The fraction of sp³-hybridized carbons (Fsp3) is 0.750. The zero-order valence-corrected chi connectivity index (χ0v) is 16.2. The third-order valence-corrected chi connectivity index (χ3v) is 5.19. The molecule has 0 spiro atoms. The SMILES string of the molecule is CN=C(NCc1csc(N(C)C)n1)NCC(C)N1CCOCC1C. The summed E-state index contributed by atoms with van der Waals surface area (Å²) in [5, 5.41) is 9.83. The Hall–Kier alpha value is -1.38. The molecule has 0 saturated carbocycles. The van der Waals surface area contributed by atoms with Crippen molar-refractivity contribution in [3.63, 3.8) is 0 Å². The van der Waals surface area contributed by atoms with Crippen LogP contribution in [0.1, 0.15) is 19.5 Å². The molecule has 1 aliphatic heterocycles. The predicted octanol–water partition coefficient (Wildman–Crippen LogP) is 0.983. The summed E-state index contributed by atoms with van der Waals surface area (Å²) >= 11 is 1.65. The van der Waals surface area contributed by atoms with Crippen molar-refractivity contribution in [3.8, 4) is 0 Å². The maximum Gasteiger partial charge on any atom is 0.191 e. The highest BCUT2D eigenvalue weighted by Gasteiger charge is 2.23. The van der Waals surface area contributed by atoms with Crippen LogP contribution in [0.15, 0.2) is 10.4 Å². The average molecular weight is 355 g/mol. The highest BCUT2D eigenvalue weighted by Crippen LogP contribution is 2.17. The summed E-state index contributed by atoms with van der Waals surface area (Å²) in [5.74, 6) is 0.808. The van der Waals surface area contributed by atoms with Gasteiger partial charge in [0.1, 0.15) is 0 Å². The van der Waals surface area contributed by atoms with E-state index >= 15 is 0 Å². The standard InChI is InChI=1S/C16H30N6OS/c1-12(22-6-7-23-10-13(22)2)8-18-15(17-3)19-9-14-11-24-16(20-14)21(4)5/h11-13H,6-10H2,1-5H3,(H2,17,18,19). The molecule has 8 heteroatoms. The van der Waals surface area contributed by atoms with Crippen molar-refractivity contribution in [2.24, 2.45) is 4.99 Å². The molecule has 2 rings (SSSR count). The molecule has 2 unspecified atom stereocenters. The third kappa shape index (κ3) is 5.32. The van der Waals surface area contributed by atoms with Gasteiger partial charge >= 0.3 is 0 Å². The summed E-state index contributed by atoms with van der Waals surface area (Å²) in [5.41, 5.74) is 1.03. The van der Waals surface area contributed by atoms with Gasteiger partial charge in [-0.1, -0.05) is 0 Å². The van der Waals surface area contributed by atoms with E-state index in [0.29, 0.717) is 18.6 Å². The largest absolute Gasteiger partial charge is 0.379 e. The van der Waals surface area contributed by atoms with Crippen molar-refractivity contribution in [3.05, 3.63) is 11.1 Å². The van der Waals surface area contributed by atoms with Crippen LogP contribution in [0.2, 0.25) is 0 Å². The van der Waals surface area contributed by atoms with Gasteiger partial charge in [-0.2, -0.15) is 0 Å². The summed E-state index contributed by atoms with van der Waals surface area (Å²) in [4.78, 5) is 13.4. The van der Waals surface area contributed by atoms with Gasteiger partial charge in [0.2, 0.25) is 0 Å². The van der Waals surface area contributed by atoms with Gasteiger partial charge in [0, 0.05) is 51.7 Å². The summed E-state index contributed by atoms with van der Waals surface area (Å²) in [6, 6.07) is 0.895. The molecule has 1 aromatic rings. The van der Waals surface area contributed by atoms with Crippen LogP contribution in [0.3, 0.4) is 0 Å². The second-order valence-corrected chi connectivity index (χ2v) is 7.17. The molecule has 0 bridgehead atoms.